The van der Waals surface area contributed by atoms with Gasteiger partial charge in [-0.1, -0.05) is 0 Å². The first-order valence-electron chi connectivity index (χ1n) is 7.10. The number of carbonyl (C=O) groups excluding carboxylic acids is 1. The molecule has 2 aromatic carbocycles. The number of phenolic OH excluding ortho intramolecular Hbond substituents is 3. The van der Waals surface area contributed by atoms with Crippen LogP contribution in [0.5, 0.6) is 28.7 Å². The van der Waals surface area contributed by atoms with Crippen molar-refractivity contribution in [2.24, 2.45) is 0 Å². The minimum absolute atomic E-state index is 0.114. The number of ketones is 1. The van der Waals surface area contributed by atoms with Crippen LogP contribution in [0.15, 0.2) is 24.3 Å². The van der Waals surface area contributed by atoms with Crippen LogP contribution in [-0.4, -0.2) is 34.8 Å². The van der Waals surface area contributed by atoms with Crippen molar-refractivity contribution < 1.29 is 29.6 Å². The molecule has 23 heavy (non-hydrogen) atoms. The molecule has 0 saturated carbocycles. The molecule has 0 amide bonds. The van der Waals surface area contributed by atoms with Crippen molar-refractivity contribution in [3.63, 3.8) is 0 Å². The van der Waals surface area contributed by atoms with Gasteiger partial charge in [0, 0.05) is 12.1 Å². The molecule has 0 aromatic heterocycles. The van der Waals surface area contributed by atoms with E-state index >= 15 is 0 Å². The van der Waals surface area contributed by atoms with E-state index in [1.807, 2.05) is 0 Å². The first-order chi connectivity index (χ1) is 11.0. The Labute approximate surface area is 131 Å². The summed E-state index contributed by atoms with van der Waals surface area (Å²) in [5.74, 6) is -0.247. The predicted molar refractivity (Wildman–Crippen MR) is 79.6 cm³/mol. The van der Waals surface area contributed by atoms with Crippen LogP contribution in [0.25, 0.3) is 0 Å². The maximum absolute atomic E-state index is 13.0. The first-order valence-corrected chi connectivity index (χ1v) is 7.10. The van der Waals surface area contributed by atoms with E-state index in [4.69, 9.17) is 9.47 Å². The highest BCUT2D eigenvalue weighted by Gasteiger charge is 2.54. The number of ether oxygens (including phenoxy) is 2. The third-order valence-electron chi connectivity index (χ3n) is 4.63. The lowest BCUT2D eigenvalue weighted by Gasteiger charge is -2.45. The molecule has 0 saturated heterocycles. The maximum atomic E-state index is 13.0. The Kier molecular flexibility index (Phi) is 2.58. The Morgan fingerprint density at radius 1 is 1.09 bits per heavy atom. The number of Topliss-reactive ketones (excluding diaryl/α,β-unsaturated/α-hetero) is 1. The lowest BCUT2D eigenvalue weighted by atomic mass is 9.60. The van der Waals surface area contributed by atoms with Crippen LogP contribution in [0, 0.1) is 0 Å². The fraction of sp³-hybridized carbons (Fsp3) is 0.235. The summed E-state index contributed by atoms with van der Waals surface area (Å²) in [6, 6.07) is 5.77. The van der Waals surface area contributed by atoms with Crippen molar-refractivity contribution in [3.05, 3.63) is 41.0 Å². The lowest BCUT2D eigenvalue weighted by Crippen LogP contribution is -2.52. The summed E-state index contributed by atoms with van der Waals surface area (Å²) in [6.07, 6.45) is 0.389. The maximum Gasteiger partial charge on any atom is 0.184 e. The second-order valence-corrected chi connectivity index (χ2v) is 5.89. The van der Waals surface area contributed by atoms with Gasteiger partial charge in [-0.2, -0.15) is 0 Å². The minimum Gasteiger partial charge on any atom is -0.507 e. The van der Waals surface area contributed by atoms with Crippen LogP contribution in [-0.2, 0) is 11.8 Å². The SMILES string of the molecule is COc1cc(O)c2c(c1)OC[C@]1(Cc3cc(O)c(O)cc31)C2=O. The van der Waals surface area contributed by atoms with E-state index < -0.39 is 5.41 Å². The normalized spacial score (nSPS) is 21.2. The quantitative estimate of drug-likeness (QED) is 0.696. The molecular formula is C17H14O6. The Morgan fingerprint density at radius 3 is 2.57 bits per heavy atom. The minimum atomic E-state index is -0.931. The van der Waals surface area contributed by atoms with Gasteiger partial charge in [-0.3, -0.25) is 4.79 Å². The summed E-state index contributed by atoms with van der Waals surface area (Å²) in [5.41, 5.74) is 0.599. The van der Waals surface area contributed by atoms with E-state index in [1.54, 1.807) is 6.07 Å². The van der Waals surface area contributed by atoms with Crippen molar-refractivity contribution in [1.29, 1.82) is 0 Å². The Bertz CT molecular complexity index is 857. The molecule has 0 bridgehead atoms. The number of carbonyl (C=O) groups is 1. The van der Waals surface area contributed by atoms with E-state index in [2.05, 4.69) is 0 Å². The van der Waals surface area contributed by atoms with Crippen LogP contribution in [0.4, 0.5) is 0 Å². The zero-order valence-electron chi connectivity index (χ0n) is 12.3. The van der Waals surface area contributed by atoms with Crippen molar-refractivity contribution in [2.45, 2.75) is 11.8 Å². The van der Waals surface area contributed by atoms with Gasteiger partial charge in [0.2, 0.25) is 0 Å². The molecule has 2 aromatic rings. The second kappa shape index (κ2) is 4.32. The number of phenols is 3. The molecule has 0 unspecified atom stereocenters. The lowest BCUT2D eigenvalue weighted by molar-refractivity contribution is 0.0723. The predicted octanol–water partition coefficient (Wildman–Crippen LogP) is 1.88. The number of hydrogen-bond donors (Lipinski definition) is 3. The number of aromatic hydroxyl groups is 3. The van der Waals surface area contributed by atoms with Crippen molar-refractivity contribution in [3.8, 4) is 28.7 Å². The molecule has 1 aliphatic carbocycles. The molecule has 1 heterocycles. The van der Waals surface area contributed by atoms with Crippen LogP contribution in [0.1, 0.15) is 21.5 Å². The molecule has 2 aliphatic rings. The highest BCUT2D eigenvalue weighted by Crippen LogP contribution is 2.52. The Morgan fingerprint density at radius 2 is 1.83 bits per heavy atom. The van der Waals surface area contributed by atoms with Gasteiger partial charge in [-0.05, 0) is 29.7 Å². The van der Waals surface area contributed by atoms with Gasteiger partial charge >= 0.3 is 0 Å². The largest absolute Gasteiger partial charge is 0.507 e. The number of fused-ring (bicyclic) bond motifs is 3. The van der Waals surface area contributed by atoms with Gasteiger partial charge in [0.25, 0.3) is 0 Å². The van der Waals surface area contributed by atoms with Crippen LogP contribution >= 0.6 is 0 Å². The van der Waals surface area contributed by atoms with Gasteiger partial charge in [0.15, 0.2) is 17.3 Å². The van der Waals surface area contributed by atoms with E-state index in [1.165, 1.54) is 25.3 Å². The molecule has 118 valence electrons. The number of rotatable bonds is 1. The Hall–Kier alpha value is -2.89. The first kappa shape index (κ1) is 13.8. The molecular weight excluding hydrogens is 300 g/mol. The number of methoxy groups -OCH3 is 1. The fourth-order valence-electron chi connectivity index (χ4n) is 3.40. The van der Waals surface area contributed by atoms with Gasteiger partial charge in [-0.25, -0.2) is 0 Å². The average molecular weight is 314 g/mol. The molecule has 1 aliphatic heterocycles. The fourth-order valence-corrected chi connectivity index (χ4v) is 3.40. The average Bonchev–Trinajstić information content (AvgIpc) is 2.52. The molecule has 3 N–H and O–H groups in total. The van der Waals surface area contributed by atoms with Gasteiger partial charge < -0.3 is 24.8 Å². The van der Waals surface area contributed by atoms with E-state index in [-0.39, 0.29) is 41.0 Å². The summed E-state index contributed by atoms with van der Waals surface area (Å²) in [5, 5.41) is 29.4. The molecule has 1 atom stereocenters. The third-order valence-corrected chi connectivity index (χ3v) is 4.63. The Balaban J connectivity index is 1.84. The molecule has 6 nitrogen and oxygen atoms in total. The molecule has 1 spiro atoms. The summed E-state index contributed by atoms with van der Waals surface area (Å²) in [6.45, 7) is 0.114. The molecule has 4 rings (SSSR count). The van der Waals surface area contributed by atoms with Crippen molar-refractivity contribution in [1.82, 2.24) is 0 Å². The highest BCUT2D eigenvalue weighted by molar-refractivity contribution is 6.11. The summed E-state index contributed by atoms with van der Waals surface area (Å²) >= 11 is 0. The summed E-state index contributed by atoms with van der Waals surface area (Å²) < 4.78 is 10.8. The van der Waals surface area contributed by atoms with Crippen LogP contribution < -0.4 is 9.47 Å². The monoisotopic (exact) mass is 314 g/mol. The topological polar surface area (TPSA) is 96.2 Å². The molecule has 0 radical (unpaired) electrons. The standard InChI is InChI=1S/C17H14O6/c1-22-9-3-13(20)15-14(4-9)23-7-17(16(15)21)6-8-2-11(18)12(19)5-10(8)17/h2-5,18-20H,6-7H2,1H3/t17-/m0/s1. The van der Waals surface area contributed by atoms with Crippen LogP contribution in [0.2, 0.25) is 0 Å². The summed E-state index contributed by atoms with van der Waals surface area (Å²) in [4.78, 5) is 13.0. The number of hydrogen-bond acceptors (Lipinski definition) is 6. The van der Waals surface area contributed by atoms with E-state index in [9.17, 15) is 20.1 Å². The van der Waals surface area contributed by atoms with Gasteiger partial charge in [-0.15, -0.1) is 0 Å². The third kappa shape index (κ3) is 1.66. The molecule has 6 heteroatoms. The van der Waals surface area contributed by atoms with Gasteiger partial charge in [0.1, 0.15) is 29.4 Å². The zero-order valence-corrected chi connectivity index (χ0v) is 12.3. The van der Waals surface area contributed by atoms with Crippen LogP contribution in [0.3, 0.4) is 0 Å². The molecule has 0 fully saturated rings. The van der Waals surface area contributed by atoms with Crippen molar-refractivity contribution in [2.75, 3.05) is 13.7 Å². The second-order valence-electron chi connectivity index (χ2n) is 5.89. The van der Waals surface area contributed by atoms with Gasteiger partial charge in [0.05, 0.1) is 12.5 Å². The van der Waals surface area contributed by atoms with E-state index in [0.717, 1.165) is 5.56 Å². The van der Waals surface area contributed by atoms with Crippen molar-refractivity contribution >= 4 is 5.78 Å². The zero-order chi connectivity index (χ0) is 16.4. The smallest absolute Gasteiger partial charge is 0.184 e. The summed E-state index contributed by atoms with van der Waals surface area (Å²) in [7, 11) is 1.46. The van der Waals surface area contributed by atoms with E-state index in [0.29, 0.717) is 17.7 Å². The number of benzene rings is 2. The highest BCUT2D eigenvalue weighted by atomic mass is 16.5.